The summed E-state index contributed by atoms with van der Waals surface area (Å²) in [6.07, 6.45) is -4.82. The molecular formula is C27H26F3N3O6. The molecule has 0 spiro atoms. The quantitative estimate of drug-likeness (QED) is 0.404. The average molecular weight is 546 g/mol. The number of alkyl halides is 3. The van der Waals surface area contributed by atoms with Crippen molar-refractivity contribution in [3.05, 3.63) is 66.1 Å². The second kappa shape index (κ2) is 10.8. The van der Waals surface area contributed by atoms with Crippen molar-refractivity contribution in [2.75, 3.05) is 18.4 Å². The van der Waals surface area contributed by atoms with Crippen LogP contribution in [0.5, 0.6) is 5.75 Å². The Hall–Kier alpha value is -4.35. The summed E-state index contributed by atoms with van der Waals surface area (Å²) in [6.45, 7) is 3.71. The topological polar surface area (TPSA) is 122 Å². The van der Waals surface area contributed by atoms with E-state index in [-0.39, 0.29) is 30.0 Å². The van der Waals surface area contributed by atoms with Gasteiger partial charge in [0.1, 0.15) is 11.9 Å². The highest BCUT2D eigenvalue weighted by molar-refractivity contribution is 6.04. The van der Waals surface area contributed by atoms with E-state index in [1.54, 1.807) is 23.1 Å². The molecule has 0 saturated carbocycles. The molecule has 0 aliphatic carbocycles. The standard InChI is InChI=1S/C27H26F3N3O6/c1-26(2,25(36)37)14-20(34)33-13-12-19(15-33)38-18-10-8-17(9-11-18)31-23(35)21-22(27(28,29)30)39-24(32-21)16-6-4-3-5-7-16/h3-11,19H,12-15H2,1-2H3,(H,31,35)(H,36,37)/t19-/m0/s1. The lowest BCUT2D eigenvalue weighted by Crippen LogP contribution is -2.36. The lowest BCUT2D eigenvalue weighted by Gasteiger charge is -2.23. The third-order valence-electron chi connectivity index (χ3n) is 6.21. The molecule has 1 atom stereocenters. The molecule has 1 aromatic heterocycles. The van der Waals surface area contributed by atoms with E-state index in [2.05, 4.69) is 10.3 Å². The number of carbonyl (C=O) groups excluding carboxylic acids is 2. The number of likely N-dealkylation sites (tertiary alicyclic amines) is 1. The average Bonchev–Trinajstić information content (AvgIpc) is 3.53. The predicted octanol–water partition coefficient (Wildman–Crippen LogP) is 5.09. The number of anilines is 1. The van der Waals surface area contributed by atoms with Crippen molar-refractivity contribution < 1.29 is 41.8 Å². The number of nitrogens with zero attached hydrogens (tertiary/aromatic N) is 2. The fourth-order valence-electron chi connectivity index (χ4n) is 3.99. The van der Waals surface area contributed by atoms with Crippen LogP contribution in [0.1, 0.15) is 42.9 Å². The minimum Gasteiger partial charge on any atom is -0.489 e. The first-order valence-electron chi connectivity index (χ1n) is 12.1. The zero-order valence-electron chi connectivity index (χ0n) is 21.1. The van der Waals surface area contributed by atoms with Crippen molar-refractivity contribution in [2.24, 2.45) is 5.41 Å². The number of amides is 2. The lowest BCUT2D eigenvalue weighted by atomic mass is 9.89. The molecule has 0 bridgehead atoms. The molecule has 1 aliphatic rings. The van der Waals surface area contributed by atoms with E-state index in [0.29, 0.717) is 30.8 Å². The van der Waals surface area contributed by atoms with Gasteiger partial charge in [-0.2, -0.15) is 13.2 Å². The first-order valence-corrected chi connectivity index (χ1v) is 12.1. The van der Waals surface area contributed by atoms with E-state index >= 15 is 0 Å². The van der Waals surface area contributed by atoms with E-state index < -0.39 is 34.9 Å². The van der Waals surface area contributed by atoms with E-state index in [1.807, 2.05) is 0 Å². The van der Waals surface area contributed by atoms with Crippen LogP contribution >= 0.6 is 0 Å². The van der Waals surface area contributed by atoms with Gasteiger partial charge in [-0.05, 0) is 50.2 Å². The van der Waals surface area contributed by atoms with Gasteiger partial charge in [-0.15, -0.1) is 0 Å². The number of carboxylic acid groups (broad SMARTS) is 1. The first kappa shape index (κ1) is 27.7. The van der Waals surface area contributed by atoms with Crippen molar-refractivity contribution in [1.29, 1.82) is 0 Å². The highest BCUT2D eigenvalue weighted by Gasteiger charge is 2.42. The Morgan fingerprint density at radius 1 is 1.10 bits per heavy atom. The Bertz CT molecular complexity index is 1350. The Morgan fingerprint density at radius 3 is 2.38 bits per heavy atom. The molecular weight excluding hydrogens is 519 g/mol. The second-order valence-corrected chi connectivity index (χ2v) is 9.77. The number of ether oxygens (including phenoxy) is 1. The van der Waals surface area contributed by atoms with Gasteiger partial charge in [0.05, 0.1) is 12.0 Å². The third kappa shape index (κ3) is 6.57. The van der Waals surface area contributed by atoms with Gasteiger partial charge >= 0.3 is 12.1 Å². The molecule has 0 unspecified atom stereocenters. The number of halogens is 3. The van der Waals surface area contributed by atoms with Gasteiger partial charge in [0.2, 0.25) is 17.6 Å². The Kier molecular flexibility index (Phi) is 7.66. The molecule has 2 N–H and O–H groups in total. The first-order chi connectivity index (χ1) is 18.3. The van der Waals surface area contributed by atoms with Crippen LogP contribution in [0.25, 0.3) is 11.5 Å². The van der Waals surface area contributed by atoms with Crippen LogP contribution in [0.15, 0.2) is 59.0 Å². The number of aliphatic carboxylic acids is 1. The summed E-state index contributed by atoms with van der Waals surface area (Å²) in [7, 11) is 0. The summed E-state index contributed by atoms with van der Waals surface area (Å²) < 4.78 is 51.4. The highest BCUT2D eigenvalue weighted by Crippen LogP contribution is 2.35. The van der Waals surface area contributed by atoms with Gasteiger partial charge in [0, 0.05) is 30.6 Å². The summed E-state index contributed by atoms with van der Waals surface area (Å²) >= 11 is 0. The summed E-state index contributed by atoms with van der Waals surface area (Å²) in [5, 5.41) is 11.6. The number of aromatic nitrogens is 1. The summed E-state index contributed by atoms with van der Waals surface area (Å²) in [4.78, 5) is 41.8. The second-order valence-electron chi connectivity index (χ2n) is 9.77. The highest BCUT2D eigenvalue weighted by atomic mass is 19.4. The van der Waals surface area contributed by atoms with Crippen LogP contribution in [0.2, 0.25) is 0 Å². The monoisotopic (exact) mass is 545 g/mol. The van der Waals surface area contributed by atoms with Gasteiger partial charge in [0.15, 0.2) is 5.69 Å². The van der Waals surface area contributed by atoms with Crippen molar-refractivity contribution in [3.8, 4) is 17.2 Å². The van der Waals surface area contributed by atoms with Crippen LogP contribution in [-0.2, 0) is 15.8 Å². The number of hydrogen-bond acceptors (Lipinski definition) is 6. The largest absolute Gasteiger partial charge is 0.489 e. The number of benzene rings is 2. The van der Waals surface area contributed by atoms with E-state index in [9.17, 15) is 32.7 Å². The Labute approximate surface area is 221 Å². The number of nitrogens with one attached hydrogen (secondary N) is 1. The Balaban J connectivity index is 1.38. The van der Waals surface area contributed by atoms with Crippen molar-refractivity contribution in [1.82, 2.24) is 9.88 Å². The van der Waals surface area contributed by atoms with Crippen molar-refractivity contribution >= 4 is 23.5 Å². The van der Waals surface area contributed by atoms with Crippen molar-refractivity contribution in [3.63, 3.8) is 0 Å². The van der Waals surface area contributed by atoms with Gasteiger partial charge in [0.25, 0.3) is 5.91 Å². The molecule has 1 fully saturated rings. The van der Waals surface area contributed by atoms with Gasteiger partial charge in [-0.3, -0.25) is 14.4 Å². The molecule has 2 aromatic carbocycles. The summed E-state index contributed by atoms with van der Waals surface area (Å²) in [5.74, 6) is -3.80. The van der Waals surface area contributed by atoms with Crippen molar-refractivity contribution in [2.45, 2.75) is 39.0 Å². The SMILES string of the molecule is CC(C)(CC(=O)N1CC[C@H](Oc2ccc(NC(=O)c3nc(-c4ccccc4)oc3C(F)(F)F)cc2)C1)C(=O)O. The number of oxazole rings is 1. The van der Waals surface area contributed by atoms with E-state index in [4.69, 9.17) is 9.15 Å². The molecule has 9 nitrogen and oxygen atoms in total. The summed E-state index contributed by atoms with van der Waals surface area (Å²) in [5.41, 5.74) is -1.56. The fraction of sp³-hybridized carbons (Fsp3) is 0.333. The predicted molar refractivity (Wildman–Crippen MR) is 133 cm³/mol. The minimum atomic E-state index is -4.93. The van der Waals surface area contributed by atoms with Crippen LogP contribution in [0.4, 0.5) is 18.9 Å². The smallest absolute Gasteiger partial charge is 0.452 e. The normalized spacial score (nSPS) is 15.7. The molecule has 2 amide bonds. The number of rotatable bonds is 8. The number of carboxylic acids is 1. The zero-order valence-corrected chi connectivity index (χ0v) is 21.1. The van der Waals surface area contributed by atoms with Crippen LogP contribution < -0.4 is 10.1 Å². The maximum atomic E-state index is 13.5. The number of carbonyl (C=O) groups is 3. The molecule has 3 aromatic rings. The minimum absolute atomic E-state index is 0.127. The Morgan fingerprint density at radius 2 is 1.77 bits per heavy atom. The molecule has 0 radical (unpaired) electrons. The molecule has 1 aliphatic heterocycles. The molecule has 206 valence electrons. The third-order valence-corrected chi connectivity index (χ3v) is 6.21. The molecule has 12 heteroatoms. The zero-order chi connectivity index (χ0) is 28.4. The van der Waals surface area contributed by atoms with Gasteiger partial charge in [-0.25, -0.2) is 4.98 Å². The maximum Gasteiger partial charge on any atom is 0.452 e. The van der Waals surface area contributed by atoms with Crippen LogP contribution in [0.3, 0.4) is 0 Å². The fourth-order valence-corrected chi connectivity index (χ4v) is 3.99. The van der Waals surface area contributed by atoms with E-state index in [0.717, 1.165) is 0 Å². The molecule has 39 heavy (non-hydrogen) atoms. The van der Waals surface area contributed by atoms with Crippen LogP contribution in [0, 0.1) is 5.41 Å². The molecule has 4 rings (SSSR count). The lowest BCUT2D eigenvalue weighted by molar-refractivity contribution is -0.153. The number of hydrogen-bond donors (Lipinski definition) is 2. The maximum absolute atomic E-state index is 13.5. The van der Waals surface area contributed by atoms with Gasteiger partial charge < -0.3 is 24.5 Å². The summed E-state index contributed by atoms with van der Waals surface area (Å²) in [6, 6.07) is 13.9. The molecule has 2 heterocycles. The van der Waals surface area contributed by atoms with Gasteiger partial charge in [-0.1, -0.05) is 18.2 Å². The van der Waals surface area contributed by atoms with Crippen LogP contribution in [-0.4, -0.2) is 52.0 Å². The van der Waals surface area contributed by atoms with E-state index in [1.165, 1.54) is 50.2 Å². The molecule has 1 saturated heterocycles.